The minimum Gasteiger partial charge on any atom is -0.322 e. The molecule has 1 heterocycles. The van der Waals surface area contributed by atoms with Gasteiger partial charge in [0.1, 0.15) is 0 Å². The van der Waals surface area contributed by atoms with Crippen molar-refractivity contribution in [3.05, 3.63) is 45.1 Å². The van der Waals surface area contributed by atoms with Crippen molar-refractivity contribution in [1.29, 1.82) is 0 Å². The summed E-state index contributed by atoms with van der Waals surface area (Å²) < 4.78 is 1.43. The van der Waals surface area contributed by atoms with Crippen LogP contribution in [0.3, 0.4) is 0 Å². The van der Waals surface area contributed by atoms with Crippen molar-refractivity contribution in [3.8, 4) is 5.69 Å². The van der Waals surface area contributed by atoms with Crippen molar-refractivity contribution in [2.75, 3.05) is 0 Å². The Morgan fingerprint density at radius 2 is 2.24 bits per heavy atom. The Balaban J connectivity index is 2.63. The molecule has 0 spiro atoms. The molecule has 0 saturated heterocycles. The number of rotatable bonds is 2. The molecule has 6 heteroatoms. The number of hydrogen-bond donors (Lipinski definition) is 2. The highest BCUT2D eigenvalue weighted by molar-refractivity contribution is 6.31. The zero-order valence-electron chi connectivity index (χ0n) is 9.57. The fraction of sp³-hybridized carbons (Fsp3) is 0.273. The number of aromatic nitrogens is 3. The quantitative estimate of drug-likeness (QED) is 0.851. The predicted molar refractivity (Wildman–Crippen MR) is 66.5 cm³/mol. The molecular weight excluding hydrogens is 240 g/mol. The minimum absolute atomic E-state index is 0.322. The Hall–Kier alpha value is -1.59. The van der Waals surface area contributed by atoms with Gasteiger partial charge in [-0.15, -0.1) is 0 Å². The molecule has 2 rings (SSSR count). The molecule has 1 aromatic heterocycles. The molecule has 0 fully saturated rings. The lowest BCUT2D eigenvalue weighted by Crippen LogP contribution is -2.20. The molecule has 0 amide bonds. The van der Waals surface area contributed by atoms with E-state index in [1.165, 1.54) is 4.57 Å². The van der Waals surface area contributed by atoms with E-state index in [-0.39, 0.29) is 11.7 Å². The average molecular weight is 253 g/mol. The third-order valence-electron chi connectivity index (χ3n) is 2.52. The maximum absolute atomic E-state index is 11.7. The molecule has 0 saturated carbocycles. The fourth-order valence-corrected chi connectivity index (χ4v) is 1.76. The summed E-state index contributed by atoms with van der Waals surface area (Å²) in [6.07, 6.45) is 0. The number of halogens is 1. The van der Waals surface area contributed by atoms with Gasteiger partial charge in [-0.2, -0.15) is 5.10 Å². The van der Waals surface area contributed by atoms with Crippen molar-refractivity contribution in [2.45, 2.75) is 19.9 Å². The standard InChI is InChI=1S/C11H13ClN4O/c1-6-3-4-8(5-9(6)12)16-10(7(2)13)14-15-11(16)17/h3-5,7H,13H2,1-2H3,(H,15,17). The highest BCUT2D eigenvalue weighted by atomic mass is 35.5. The lowest BCUT2D eigenvalue weighted by atomic mass is 10.2. The van der Waals surface area contributed by atoms with Gasteiger partial charge < -0.3 is 5.73 Å². The molecule has 1 aromatic carbocycles. The molecule has 5 nitrogen and oxygen atoms in total. The average Bonchev–Trinajstić information content (AvgIpc) is 2.64. The van der Waals surface area contributed by atoms with Crippen LogP contribution in [0.5, 0.6) is 0 Å². The molecule has 0 aliphatic heterocycles. The number of hydrogen-bond acceptors (Lipinski definition) is 3. The lowest BCUT2D eigenvalue weighted by Gasteiger charge is -2.09. The second-order valence-corrected chi connectivity index (χ2v) is 4.35. The number of nitrogens with two attached hydrogens (primary N) is 1. The molecule has 17 heavy (non-hydrogen) atoms. The smallest absolute Gasteiger partial charge is 0.322 e. The van der Waals surface area contributed by atoms with Crippen LogP contribution in [-0.2, 0) is 0 Å². The second-order valence-electron chi connectivity index (χ2n) is 3.94. The van der Waals surface area contributed by atoms with E-state index in [2.05, 4.69) is 10.2 Å². The first-order valence-electron chi connectivity index (χ1n) is 5.20. The van der Waals surface area contributed by atoms with Crippen molar-refractivity contribution in [1.82, 2.24) is 14.8 Å². The van der Waals surface area contributed by atoms with Crippen LogP contribution in [0.2, 0.25) is 5.02 Å². The van der Waals surface area contributed by atoms with Gasteiger partial charge in [-0.05, 0) is 31.5 Å². The molecule has 3 N–H and O–H groups in total. The minimum atomic E-state index is -0.339. The molecule has 0 radical (unpaired) electrons. The summed E-state index contributed by atoms with van der Waals surface area (Å²) in [7, 11) is 0. The number of benzene rings is 1. The molecule has 0 bridgehead atoms. The fourth-order valence-electron chi connectivity index (χ4n) is 1.58. The Labute approximate surface area is 103 Å². The van der Waals surface area contributed by atoms with Crippen LogP contribution < -0.4 is 11.4 Å². The van der Waals surface area contributed by atoms with Gasteiger partial charge in [0.15, 0.2) is 5.82 Å². The summed E-state index contributed by atoms with van der Waals surface area (Å²) in [5.41, 5.74) is 7.05. The van der Waals surface area contributed by atoms with Crippen molar-refractivity contribution in [2.24, 2.45) is 5.73 Å². The van der Waals surface area contributed by atoms with Crippen LogP contribution in [-0.4, -0.2) is 14.8 Å². The van der Waals surface area contributed by atoms with E-state index in [4.69, 9.17) is 17.3 Å². The molecule has 0 aliphatic rings. The maximum Gasteiger partial charge on any atom is 0.347 e. The van der Waals surface area contributed by atoms with Crippen molar-refractivity contribution in [3.63, 3.8) is 0 Å². The van der Waals surface area contributed by atoms with Gasteiger partial charge >= 0.3 is 5.69 Å². The summed E-state index contributed by atoms with van der Waals surface area (Å²) >= 11 is 6.04. The summed E-state index contributed by atoms with van der Waals surface area (Å²) in [6, 6.07) is 5.04. The topological polar surface area (TPSA) is 76.7 Å². The number of H-pyrrole nitrogens is 1. The van der Waals surface area contributed by atoms with E-state index in [1.54, 1.807) is 13.0 Å². The first kappa shape index (κ1) is 11.9. The Kier molecular flexibility index (Phi) is 3.04. The van der Waals surface area contributed by atoms with E-state index in [0.29, 0.717) is 16.5 Å². The number of aromatic amines is 1. The number of aryl methyl sites for hydroxylation is 1. The summed E-state index contributed by atoms with van der Waals surface area (Å²) in [6.45, 7) is 3.67. The SMILES string of the molecule is Cc1ccc(-n2c(C(C)N)n[nH]c2=O)cc1Cl. The van der Waals surface area contributed by atoms with Gasteiger partial charge in [0, 0.05) is 5.02 Å². The van der Waals surface area contributed by atoms with Crippen LogP contribution in [0.4, 0.5) is 0 Å². The van der Waals surface area contributed by atoms with Crippen LogP contribution >= 0.6 is 11.6 Å². The second kappa shape index (κ2) is 4.35. The molecule has 1 unspecified atom stereocenters. The zero-order valence-corrected chi connectivity index (χ0v) is 10.3. The molecule has 1 atom stereocenters. The van der Waals surface area contributed by atoms with Crippen LogP contribution in [0.25, 0.3) is 5.69 Å². The van der Waals surface area contributed by atoms with E-state index >= 15 is 0 Å². The zero-order chi connectivity index (χ0) is 12.6. The van der Waals surface area contributed by atoms with Crippen molar-refractivity contribution < 1.29 is 0 Å². The van der Waals surface area contributed by atoms with Crippen LogP contribution in [0.1, 0.15) is 24.4 Å². The van der Waals surface area contributed by atoms with Gasteiger partial charge in [-0.25, -0.2) is 14.5 Å². The molecule has 2 aromatic rings. The third-order valence-corrected chi connectivity index (χ3v) is 2.93. The lowest BCUT2D eigenvalue weighted by molar-refractivity contribution is 0.712. The highest BCUT2D eigenvalue weighted by Crippen LogP contribution is 2.20. The van der Waals surface area contributed by atoms with E-state index in [1.807, 2.05) is 19.1 Å². The van der Waals surface area contributed by atoms with Gasteiger partial charge in [0.2, 0.25) is 0 Å². The van der Waals surface area contributed by atoms with Gasteiger partial charge in [0.05, 0.1) is 11.7 Å². The molecule has 0 aliphatic carbocycles. The first-order valence-corrected chi connectivity index (χ1v) is 5.58. The van der Waals surface area contributed by atoms with Crippen LogP contribution in [0.15, 0.2) is 23.0 Å². The Morgan fingerprint density at radius 1 is 1.53 bits per heavy atom. The van der Waals surface area contributed by atoms with E-state index < -0.39 is 0 Å². The number of nitrogens with zero attached hydrogens (tertiary/aromatic N) is 2. The van der Waals surface area contributed by atoms with Crippen molar-refractivity contribution >= 4 is 11.6 Å². The highest BCUT2D eigenvalue weighted by Gasteiger charge is 2.14. The first-order chi connectivity index (χ1) is 8.00. The summed E-state index contributed by atoms with van der Waals surface area (Å²) in [4.78, 5) is 11.7. The van der Waals surface area contributed by atoms with Gasteiger partial charge in [0.25, 0.3) is 0 Å². The van der Waals surface area contributed by atoms with E-state index in [9.17, 15) is 4.79 Å². The Morgan fingerprint density at radius 3 is 2.82 bits per heavy atom. The largest absolute Gasteiger partial charge is 0.347 e. The maximum atomic E-state index is 11.7. The van der Waals surface area contributed by atoms with Crippen LogP contribution in [0, 0.1) is 6.92 Å². The van der Waals surface area contributed by atoms with Gasteiger partial charge in [-0.1, -0.05) is 17.7 Å². The monoisotopic (exact) mass is 252 g/mol. The normalized spacial score (nSPS) is 12.7. The summed E-state index contributed by atoms with van der Waals surface area (Å²) in [5.74, 6) is 0.481. The predicted octanol–water partition coefficient (Wildman–Crippen LogP) is 1.54. The third kappa shape index (κ3) is 2.11. The molecular formula is C11H13ClN4O. The summed E-state index contributed by atoms with van der Waals surface area (Å²) in [5, 5.41) is 6.89. The van der Waals surface area contributed by atoms with E-state index in [0.717, 1.165) is 5.56 Å². The number of nitrogens with one attached hydrogen (secondary N) is 1. The Bertz CT molecular complexity index is 600. The molecule has 90 valence electrons. The van der Waals surface area contributed by atoms with Gasteiger partial charge in [-0.3, -0.25) is 0 Å².